The fraction of sp³-hybridized carbons (Fsp3) is 0.786. The molecule has 4 heteroatoms. The van der Waals surface area contributed by atoms with Gasteiger partial charge in [-0.3, -0.25) is 0 Å². The smallest absolute Gasteiger partial charge is 0.115 e. The minimum Gasteiger partial charge on any atom is -0.379 e. The first kappa shape index (κ1) is 14.0. The molecular weight excluding hydrogens is 244 g/mol. The molecule has 1 N–H and O–H groups in total. The molecule has 1 atom stereocenters. The highest BCUT2D eigenvalue weighted by Gasteiger charge is 2.32. The lowest BCUT2D eigenvalue weighted by Gasteiger charge is -2.30. The number of thiazole rings is 1. The third kappa shape index (κ3) is 2.92. The molecule has 3 nitrogen and oxygen atoms in total. The lowest BCUT2D eigenvalue weighted by molar-refractivity contribution is 0.0787. The Balaban J connectivity index is 2.21. The molecule has 2 rings (SSSR count). The van der Waals surface area contributed by atoms with E-state index in [0.717, 1.165) is 13.0 Å². The number of fused-ring (bicyclic) bond motifs is 1. The van der Waals surface area contributed by atoms with Crippen molar-refractivity contribution in [1.29, 1.82) is 0 Å². The fourth-order valence-electron chi connectivity index (χ4n) is 2.53. The summed E-state index contributed by atoms with van der Waals surface area (Å²) in [5.74, 6) is 0. The van der Waals surface area contributed by atoms with Crippen LogP contribution in [0.1, 0.15) is 49.7 Å². The maximum atomic E-state index is 5.66. The first-order valence-corrected chi connectivity index (χ1v) is 7.71. The monoisotopic (exact) mass is 268 g/mol. The van der Waals surface area contributed by atoms with Crippen molar-refractivity contribution in [2.75, 3.05) is 13.2 Å². The Labute approximate surface area is 114 Å². The van der Waals surface area contributed by atoms with E-state index in [9.17, 15) is 0 Å². The summed E-state index contributed by atoms with van der Waals surface area (Å²) in [6.07, 6.45) is 3.63. The molecule has 0 saturated heterocycles. The largest absolute Gasteiger partial charge is 0.379 e. The Morgan fingerprint density at radius 1 is 1.44 bits per heavy atom. The van der Waals surface area contributed by atoms with E-state index in [4.69, 9.17) is 9.72 Å². The highest BCUT2D eigenvalue weighted by molar-refractivity contribution is 7.12. The molecule has 1 heterocycles. The van der Waals surface area contributed by atoms with Crippen molar-refractivity contribution < 1.29 is 4.74 Å². The quantitative estimate of drug-likeness (QED) is 0.861. The van der Waals surface area contributed by atoms with Crippen LogP contribution in [-0.4, -0.2) is 24.2 Å². The van der Waals surface area contributed by atoms with Gasteiger partial charge in [-0.25, -0.2) is 4.98 Å². The van der Waals surface area contributed by atoms with Crippen molar-refractivity contribution in [3.63, 3.8) is 0 Å². The summed E-state index contributed by atoms with van der Waals surface area (Å²) in [6, 6.07) is 0.425. The van der Waals surface area contributed by atoms with Crippen LogP contribution in [-0.2, 0) is 23.1 Å². The number of aryl methyl sites for hydroxylation is 2. The molecule has 0 aromatic carbocycles. The van der Waals surface area contributed by atoms with Crippen LogP contribution in [0.3, 0.4) is 0 Å². The van der Waals surface area contributed by atoms with Gasteiger partial charge in [-0.15, -0.1) is 11.3 Å². The van der Waals surface area contributed by atoms with Gasteiger partial charge in [0.1, 0.15) is 5.01 Å². The standard InChI is InChI=1S/C14H24N2OS/c1-5-17-9-14(4,16-10(2)3)13-15-11-7-6-8-12(11)18-13/h10,16H,5-9H2,1-4H3. The molecular formula is C14H24N2OS. The zero-order valence-electron chi connectivity index (χ0n) is 11.9. The van der Waals surface area contributed by atoms with Crippen LogP contribution in [0, 0.1) is 0 Å². The lowest BCUT2D eigenvalue weighted by Crippen LogP contribution is -2.47. The lowest BCUT2D eigenvalue weighted by atomic mass is 10.0. The van der Waals surface area contributed by atoms with Gasteiger partial charge in [0.15, 0.2) is 0 Å². The number of aromatic nitrogens is 1. The average Bonchev–Trinajstić information content (AvgIpc) is 2.85. The normalized spacial score (nSPS) is 18.1. The van der Waals surface area contributed by atoms with E-state index in [1.54, 1.807) is 0 Å². The molecule has 1 aromatic rings. The van der Waals surface area contributed by atoms with Crippen molar-refractivity contribution in [3.8, 4) is 0 Å². The van der Waals surface area contributed by atoms with Crippen LogP contribution in [0.4, 0.5) is 0 Å². The number of rotatable bonds is 6. The van der Waals surface area contributed by atoms with Gasteiger partial charge in [0.2, 0.25) is 0 Å². The molecule has 0 radical (unpaired) electrons. The molecule has 1 aliphatic rings. The molecule has 0 aliphatic heterocycles. The second-order valence-corrected chi connectivity index (χ2v) is 6.59. The van der Waals surface area contributed by atoms with Crippen molar-refractivity contribution in [2.45, 2.75) is 58.5 Å². The van der Waals surface area contributed by atoms with E-state index in [1.165, 1.54) is 28.4 Å². The minimum absolute atomic E-state index is 0.154. The summed E-state index contributed by atoms with van der Waals surface area (Å²) in [7, 11) is 0. The second-order valence-electron chi connectivity index (χ2n) is 5.51. The van der Waals surface area contributed by atoms with Crippen LogP contribution in [0.2, 0.25) is 0 Å². The van der Waals surface area contributed by atoms with Gasteiger partial charge in [0, 0.05) is 17.5 Å². The van der Waals surface area contributed by atoms with Crippen molar-refractivity contribution in [1.82, 2.24) is 10.3 Å². The summed E-state index contributed by atoms with van der Waals surface area (Å²) in [5.41, 5.74) is 1.17. The molecule has 102 valence electrons. The van der Waals surface area contributed by atoms with Gasteiger partial charge in [-0.2, -0.15) is 0 Å². The van der Waals surface area contributed by atoms with E-state index >= 15 is 0 Å². The van der Waals surface area contributed by atoms with Crippen molar-refractivity contribution in [3.05, 3.63) is 15.6 Å². The topological polar surface area (TPSA) is 34.1 Å². The Bertz CT molecular complexity index is 381. The molecule has 0 spiro atoms. The zero-order valence-corrected chi connectivity index (χ0v) is 12.7. The molecule has 0 saturated carbocycles. The maximum absolute atomic E-state index is 5.66. The highest BCUT2D eigenvalue weighted by atomic mass is 32.1. The van der Waals surface area contributed by atoms with Gasteiger partial charge in [-0.05, 0) is 47.0 Å². The van der Waals surface area contributed by atoms with E-state index in [-0.39, 0.29) is 5.54 Å². The van der Waals surface area contributed by atoms with Crippen molar-refractivity contribution >= 4 is 11.3 Å². The predicted octanol–water partition coefficient (Wildman–Crippen LogP) is 2.88. The van der Waals surface area contributed by atoms with Gasteiger partial charge < -0.3 is 10.1 Å². The number of nitrogens with one attached hydrogen (secondary N) is 1. The number of nitrogens with zero attached hydrogens (tertiary/aromatic N) is 1. The number of hydrogen-bond donors (Lipinski definition) is 1. The van der Waals surface area contributed by atoms with Crippen LogP contribution in [0.5, 0.6) is 0 Å². The van der Waals surface area contributed by atoms with Crippen molar-refractivity contribution in [2.24, 2.45) is 0 Å². The van der Waals surface area contributed by atoms with E-state index in [1.807, 2.05) is 18.3 Å². The number of hydrogen-bond acceptors (Lipinski definition) is 4. The third-order valence-corrected chi connectivity index (χ3v) is 4.69. The fourth-order valence-corrected chi connectivity index (χ4v) is 3.78. The van der Waals surface area contributed by atoms with Gasteiger partial charge in [0.25, 0.3) is 0 Å². The Kier molecular flexibility index (Phi) is 4.41. The Morgan fingerprint density at radius 2 is 2.22 bits per heavy atom. The van der Waals surface area contributed by atoms with Gasteiger partial charge in [0.05, 0.1) is 17.8 Å². The first-order valence-electron chi connectivity index (χ1n) is 6.89. The Morgan fingerprint density at radius 3 is 2.83 bits per heavy atom. The molecule has 1 aliphatic carbocycles. The summed E-state index contributed by atoms with van der Waals surface area (Å²) < 4.78 is 5.66. The van der Waals surface area contributed by atoms with Gasteiger partial charge in [-0.1, -0.05) is 0 Å². The van der Waals surface area contributed by atoms with E-state index in [2.05, 4.69) is 26.1 Å². The first-order chi connectivity index (χ1) is 8.55. The molecule has 0 fully saturated rings. The van der Waals surface area contributed by atoms with Gasteiger partial charge >= 0.3 is 0 Å². The van der Waals surface area contributed by atoms with Crippen LogP contribution < -0.4 is 5.32 Å². The number of ether oxygens (including phenoxy) is 1. The Hall–Kier alpha value is -0.450. The molecule has 1 unspecified atom stereocenters. The van der Waals surface area contributed by atoms with Crippen LogP contribution in [0.15, 0.2) is 0 Å². The third-order valence-electron chi connectivity index (χ3n) is 3.27. The summed E-state index contributed by atoms with van der Waals surface area (Å²) >= 11 is 1.87. The summed E-state index contributed by atoms with van der Waals surface area (Å²) in [6.45, 7) is 10.0. The molecule has 1 aromatic heterocycles. The summed E-state index contributed by atoms with van der Waals surface area (Å²) in [4.78, 5) is 6.33. The molecule has 0 bridgehead atoms. The zero-order chi connectivity index (χ0) is 13.2. The van der Waals surface area contributed by atoms with Crippen LogP contribution >= 0.6 is 11.3 Å². The molecule has 18 heavy (non-hydrogen) atoms. The SMILES string of the molecule is CCOCC(C)(NC(C)C)c1nc2c(s1)CCC2. The van der Waals surface area contributed by atoms with Crippen LogP contribution in [0.25, 0.3) is 0 Å². The predicted molar refractivity (Wildman–Crippen MR) is 76.3 cm³/mol. The average molecular weight is 268 g/mol. The molecule has 0 amide bonds. The van der Waals surface area contributed by atoms with E-state index in [0.29, 0.717) is 12.6 Å². The van der Waals surface area contributed by atoms with E-state index < -0.39 is 0 Å². The minimum atomic E-state index is -0.154. The maximum Gasteiger partial charge on any atom is 0.115 e. The highest BCUT2D eigenvalue weighted by Crippen LogP contribution is 2.33. The summed E-state index contributed by atoms with van der Waals surface area (Å²) in [5, 5.41) is 4.81. The second kappa shape index (κ2) is 5.68.